The summed E-state index contributed by atoms with van der Waals surface area (Å²) >= 11 is 0. The minimum Gasteiger partial charge on any atom is -0.490 e. The van der Waals surface area contributed by atoms with E-state index in [9.17, 15) is 4.79 Å². The lowest BCUT2D eigenvalue weighted by atomic mass is 10.0. The van der Waals surface area contributed by atoms with E-state index in [1.54, 1.807) is 0 Å². The van der Waals surface area contributed by atoms with Crippen molar-refractivity contribution in [2.45, 2.75) is 40.0 Å². The van der Waals surface area contributed by atoms with Crippen molar-refractivity contribution in [3.63, 3.8) is 0 Å². The van der Waals surface area contributed by atoms with E-state index in [0.29, 0.717) is 30.9 Å². The molecule has 1 aromatic carbocycles. The molecule has 0 aliphatic heterocycles. The fourth-order valence-corrected chi connectivity index (χ4v) is 1.85. The quantitative estimate of drug-likeness (QED) is 0.503. The summed E-state index contributed by atoms with van der Waals surface area (Å²) in [6.45, 7) is 7.76. The van der Waals surface area contributed by atoms with Gasteiger partial charge in [-0.3, -0.25) is 4.79 Å². The Labute approximate surface area is 115 Å². The summed E-state index contributed by atoms with van der Waals surface area (Å²) in [5.74, 6) is 0.797. The largest absolute Gasteiger partial charge is 0.490 e. The third-order valence-electron chi connectivity index (χ3n) is 2.96. The van der Waals surface area contributed by atoms with Crippen LogP contribution in [0.5, 0.6) is 5.75 Å². The van der Waals surface area contributed by atoms with E-state index in [2.05, 4.69) is 6.92 Å². The second-order valence-electron chi connectivity index (χ2n) is 4.54. The minimum atomic E-state index is 0.125. The molecule has 106 valence electrons. The number of carbonyl (C=O) groups excluding carboxylic acids is 1. The van der Waals surface area contributed by atoms with Crippen molar-refractivity contribution < 1.29 is 14.3 Å². The number of carbonyl (C=O) groups is 1. The number of hydrogen-bond acceptors (Lipinski definition) is 3. The Balaban J connectivity index is 2.53. The second kappa shape index (κ2) is 8.70. The lowest BCUT2D eigenvalue weighted by molar-refractivity contribution is 0.0936. The van der Waals surface area contributed by atoms with Gasteiger partial charge in [-0.05, 0) is 25.0 Å². The highest BCUT2D eigenvalue weighted by Gasteiger charge is 2.13. The van der Waals surface area contributed by atoms with Gasteiger partial charge in [0.05, 0.1) is 12.2 Å². The zero-order valence-electron chi connectivity index (χ0n) is 12.2. The summed E-state index contributed by atoms with van der Waals surface area (Å²) in [6.07, 6.45) is 2.70. The molecule has 0 radical (unpaired) electrons. The summed E-state index contributed by atoms with van der Waals surface area (Å²) in [7, 11) is 0. The first-order chi connectivity index (χ1) is 9.20. The molecule has 0 aliphatic carbocycles. The molecule has 0 saturated carbocycles. The smallest absolute Gasteiger partial charge is 0.166 e. The first-order valence-electron chi connectivity index (χ1n) is 7.04. The molecule has 0 fully saturated rings. The van der Waals surface area contributed by atoms with Crippen molar-refractivity contribution in [1.29, 1.82) is 0 Å². The fourth-order valence-electron chi connectivity index (χ4n) is 1.85. The molecule has 0 aliphatic rings. The van der Waals surface area contributed by atoms with Crippen LogP contribution in [0.15, 0.2) is 18.2 Å². The van der Waals surface area contributed by atoms with Crippen molar-refractivity contribution in [2.75, 3.05) is 19.8 Å². The zero-order chi connectivity index (χ0) is 14.1. The Morgan fingerprint density at radius 2 is 1.95 bits per heavy atom. The van der Waals surface area contributed by atoms with Crippen LogP contribution in [0.4, 0.5) is 0 Å². The summed E-state index contributed by atoms with van der Waals surface area (Å²) in [5.41, 5.74) is 1.68. The van der Waals surface area contributed by atoms with E-state index in [4.69, 9.17) is 9.47 Å². The molecule has 0 unspecified atom stereocenters. The highest BCUT2D eigenvalue weighted by molar-refractivity contribution is 5.99. The van der Waals surface area contributed by atoms with Crippen molar-refractivity contribution in [2.24, 2.45) is 0 Å². The van der Waals surface area contributed by atoms with Gasteiger partial charge in [-0.2, -0.15) is 0 Å². The summed E-state index contributed by atoms with van der Waals surface area (Å²) < 4.78 is 11.1. The number of Topliss-reactive ketones (excluding diaryl/α,β-unsaturated/α-hetero) is 1. The van der Waals surface area contributed by atoms with Crippen molar-refractivity contribution >= 4 is 5.78 Å². The molecule has 19 heavy (non-hydrogen) atoms. The van der Waals surface area contributed by atoms with E-state index in [-0.39, 0.29) is 5.78 Å². The van der Waals surface area contributed by atoms with Crippen molar-refractivity contribution in [1.82, 2.24) is 0 Å². The Hall–Kier alpha value is -1.35. The van der Waals surface area contributed by atoms with E-state index in [1.165, 1.54) is 0 Å². The third kappa shape index (κ3) is 5.03. The Bertz CT molecular complexity index is 399. The number of ketones is 1. The topological polar surface area (TPSA) is 35.5 Å². The Morgan fingerprint density at radius 1 is 1.16 bits per heavy atom. The van der Waals surface area contributed by atoms with Gasteiger partial charge in [0, 0.05) is 13.0 Å². The number of hydrogen-bond donors (Lipinski definition) is 0. The molecule has 0 heterocycles. The van der Waals surface area contributed by atoms with Crippen LogP contribution in [0.2, 0.25) is 0 Å². The lowest BCUT2D eigenvalue weighted by Crippen LogP contribution is -2.11. The van der Waals surface area contributed by atoms with E-state index >= 15 is 0 Å². The van der Waals surface area contributed by atoms with Crippen LogP contribution in [0, 0.1) is 6.92 Å². The Morgan fingerprint density at radius 3 is 2.63 bits per heavy atom. The maximum Gasteiger partial charge on any atom is 0.166 e. The average molecular weight is 264 g/mol. The lowest BCUT2D eigenvalue weighted by Gasteiger charge is -2.12. The summed E-state index contributed by atoms with van der Waals surface area (Å²) in [6, 6.07) is 5.70. The Kier molecular flexibility index (Phi) is 7.19. The normalized spacial score (nSPS) is 10.5. The number of benzene rings is 1. The minimum absolute atomic E-state index is 0.125. The molecule has 3 nitrogen and oxygen atoms in total. The molecule has 0 atom stereocenters. The van der Waals surface area contributed by atoms with Crippen LogP contribution in [0.25, 0.3) is 0 Å². The van der Waals surface area contributed by atoms with E-state index < -0.39 is 0 Å². The zero-order valence-corrected chi connectivity index (χ0v) is 12.2. The highest BCUT2D eigenvalue weighted by Crippen LogP contribution is 2.23. The number of aryl methyl sites for hydroxylation is 1. The maximum absolute atomic E-state index is 11.9. The fraction of sp³-hybridized carbons (Fsp3) is 0.562. The highest BCUT2D eigenvalue weighted by atomic mass is 16.5. The van der Waals surface area contributed by atoms with Gasteiger partial charge in [-0.25, -0.2) is 0 Å². The van der Waals surface area contributed by atoms with Gasteiger partial charge in [0.15, 0.2) is 5.78 Å². The predicted octanol–water partition coefficient (Wildman–Crippen LogP) is 3.78. The van der Waals surface area contributed by atoms with Crippen LogP contribution in [-0.2, 0) is 4.74 Å². The summed E-state index contributed by atoms with van der Waals surface area (Å²) in [5, 5.41) is 0. The molecule has 0 spiro atoms. The number of ether oxygens (including phenoxy) is 2. The van der Waals surface area contributed by atoms with E-state index in [1.807, 2.05) is 32.0 Å². The molecule has 3 heteroatoms. The molecule has 0 saturated heterocycles. The van der Waals surface area contributed by atoms with Gasteiger partial charge >= 0.3 is 0 Å². The van der Waals surface area contributed by atoms with Crippen LogP contribution < -0.4 is 4.74 Å². The molecule has 0 N–H and O–H groups in total. The van der Waals surface area contributed by atoms with Gasteiger partial charge in [-0.1, -0.05) is 32.4 Å². The number of rotatable bonds is 9. The van der Waals surface area contributed by atoms with Crippen molar-refractivity contribution in [3.8, 4) is 5.75 Å². The molecule has 0 amide bonds. The van der Waals surface area contributed by atoms with Gasteiger partial charge in [0.2, 0.25) is 0 Å². The molecule has 0 bridgehead atoms. The van der Waals surface area contributed by atoms with Gasteiger partial charge in [0.1, 0.15) is 12.4 Å². The van der Waals surface area contributed by atoms with E-state index in [0.717, 1.165) is 25.0 Å². The first kappa shape index (κ1) is 15.7. The standard InChI is InChI=1S/C16H24O3/c1-4-6-10-18-11-12-19-15-9-7-8-13(3)16(15)14(17)5-2/h7-9H,4-6,10-12H2,1-3H3. The average Bonchev–Trinajstić information content (AvgIpc) is 2.42. The van der Waals surface area contributed by atoms with Crippen LogP contribution in [0.1, 0.15) is 49.0 Å². The second-order valence-corrected chi connectivity index (χ2v) is 4.54. The SMILES string of the molecule is CCCCOCCOc1cccc(C)c1C(=O)CC. The van der Waals surface area contributed by atoms with Gasteiger partial charge in [0.25, 0.3) is 0 Å². The number of unbranched alkanes of at least 4 members (excludes halogenated alkanes) is 1. The maximum atomic E-state index is 11.9. The van der Waals surface area contributed by atoms with Gasteiger partial charge in [-0.15, -0.1) is 0 Å². The molecule has 1 rings (SSSR count). The van der Waals surface area contributed by atoms with Crippen LogP contribution in [-0.4, -0.2) is 25.6 Å². The third-order valence-corrected chi connectivity index (χ3v) is 2.96. The monoisotopic (exact) mass is 264 g/mol. The first-order valence-corrected chi connectivity index (χ1v) is 7.04. The molecular formula is C16H24O3. The van der Waals surface area contributed by atoms with Crippen LogP contribution in [0.3, 0.4) is 0 Å². The molecule has 1 aromatic rings. The summed E-state index contributed by atoms with van der Waals surface area (Å²) in [4.78, 5) is 11.9. The van der Waals surface area contributed by atoms with Crippen LogP contribution >= 0.6 is 0 Å². The van der Waals surface area contributed by atoms with Crippen molar-refractivity contribution in [3.05, 3.63) is 29.3 Å². The molecular weight excluding hydrogens is 240 g/mol. The molecule has 0 aromatic heterocycles. The van der Waals surface area contributed by atoms with Gasteiger partial charge < -0.3 is 9.47 Å². The predicted molar refractivity (Wildman–Crippen MR) is 77.0 cm³/mol.